The van der Waals surface area contributed by atoms with Gasteiger partial charge in [-0.05, 0) is 60.4 Å². The Balaban J connectivity index is 1.41. The smallest absolute Gasteiger partial charge is 0.260 e. The molecule has 8 nitrogen and oxygen atoms in total. The average Bonchev–Trinajstić information content (AvgIpc) is 3.47. The molecule has 0 bridgehead atoms. The second kappa shape index (κ2) is 9.89. The Morgan fingerprint density at radius 1 is 0.822 bits per heavy atom. The van der Waals surface area contributed by atoms with Gasteiger partial charge in [-0.3, -0.25) is 29.9 Å². The maximum atomic E-state index is 15.2. The van der Waals surface area contributed by atoms with E-state index < -0.39 is 35.0 Å². The number of nitrogens with one attached hydrogen (secondary N) is 2. The summed E-state index contributed by atoms with van der Waals surface area (Å²) in [7, 11) is 0. The Morgan fingerprint density at radius 3 is 2.29 bits per heavy atom. The number of phenolic OH excluding ortho intramolecular Hbond substituents is 1. The van der Waals surface area contributed by atoms with Crippen LogP contribution in [0.15, 0.2) is 103 Å². The van der Waals surface area contributed by atoms with Crippen LogP contribution in [0.25, 0.3) is 10.8 Å². The highest BCUT2D eigenvalue weighted by Crippen LogP contribution is 2.64. The first kappa shape index (κ1) is 27.3. The quantitative estimate of drug-likeness (QED) is 0.222. The van der Waals surface area contributed by atoms with E-state index in [-0.39, 0.29) is 35.8 Å². The second-order valence-electron chi connectivity index (χ2n) is 12.7. The molecule has 4 aromatic rings. The average molecular weight is 598 g/mol. The molecule has 4 amide bonds. The number of imide groups is 2. The minimum absolute atomic E-state index is 0.113. The monoisotopic (exact) mass is 597 g/mol. The molecule has 8 rings (SSSR count). The Labute approximate surface area is 259 Å². The van der Waals surface area contributed by atoms with Crippen LogP contribution in [0.4, 0.5) is 5.69 Å². The number of phenols is 1. The molecule has 3 fully saturated rings. The largest absolute Gasteiger partial charge is 0.507 e. The van der Waals surface area contributed by atoms with Crippen molar-refractivity contribution in [3.63, 3.8) is 0 Å². The molecule has 4 aliphatic rings. The van der Waals surface area contributed by atoms with E-state index in [1.807, 2.05) is 97.9 Å². The highest BCUT2D eigenvalue weighted by Gasteiger charge is 2.70. The van der Waals surface area contributed by atoms with Crippen molar-refractivity contribution in [1.82, 2.24) is 10.3 Å². The lowest BCUT2D eigenvalue weighted by atomic mass is 9.49. The molecule has 0 radical (unpaired) electrons. The number of aryl methyl sites for hydroxylation is 1. The summed E-state index contributed by atoms with van der Waals surface area (Å²) >= 11 is 0. The van der Waals surface area contributed by atoms with Gasteiger partial charge in [0.05, 0.1) is 28.9 Å². The van der Waals surface area contributed by atoms with Gasteiger partial charge >= 0.3 is 0 Å². The minimum Gasteiger partial charge on any atom is -0.507 e. The molecule has 4 aromatic carbocycles. The summed E-state index contributed by atoms with van der Waals surface area (Å²) in [5.41, 5.74) is 5.79. The van der Waals surface area contributed by atoms with Crippen LogP contribution >= 0.6 is 0 Å². The number of hydrogen-bond donors (Lipinski definition) is 3. The second-order valence-corrected chi connectivity index (χ2v) is 12.7. The molecule has 3 N–H and O–H groups in total. The van der Waals surface area contributed by atoms with Crippen molar-refractivity contribution in [3.8, 4) is 5.75 Å². The first-order chi connectivity index (χ1) is 21.8. The van der Waals surface area contributed by atoms with Gasteiger partial charge in [0.2, 0.25) is 11.8 Å². The van der Waals surface area contributed by atoms with Gasteiger partial charge < -0.3 is 5.11 Å². The molecule has 6 unspecified atom stereocenters. The van der Waals surface area contributed by atoms with E-state index in [9.17, 15) is 19.5 Å². The van der Waals surface area contributed by atoms with E-state index in [0.29, 0.717) is 23.1 Å². The molecule has 1 saturated carbocycles. The number of anilines is 1. The van der Waals surface area contributed by atoms with Gasteiger partial charge in [0.25, 0.3) is 11.8 Å². The SMILES string of the molecule is Cc1ccc(NN2C(=O)C3CC4C(=CCC5C(=O)NC(=O)C54)C(c4ccc(O)c5ccccc45)C3(c3ccccc3)C2=O)cc1. The Morgan fingerprint density at radius 2 is 1.53 bits per heavy atom. The number of amides is 4. The third kappa shape index (κ3) is 3.78. The van der Waals surface area contributed by atoms with E-state index in [1.165, 1.54) is 0 Å². The van der Waals surface area contributed by atoms with Crippen molar-refractivity contribution in [2.24, 2.45) is 23.7 Å². The minimum atomic E-state index is -1.36. The third-order valence-electron chi connectivity index (χ3n) is 10.5. The van der Waals surface area contributed by atoms with E-state index in [0.717, 1.165) is 27.1 Å². The summed E-state index contributed by atoms with van der Waals surface area (Å²) in [6, 6.07) is 27.9. The number of benzene rings is 4. The summed E-state index contributed by atoms with van der Waals surface area (Å²) in [4.78, 5) is 56.0. The molecular weight excluding hydrogens is 566 g/mol. The summed E-state index contributed by atoms with van der Waals surface area (Å²) in [6.45, 7) is 1.97. The number of carbonyl (C=O) groups excluding carboxylic acids is 4. The van der Waals surface area contributed by atoms with Crippen LogP contribution in [-0.4, -0.2) is 33.7 Å². The van der Waals surface area contributed by atoms with Gasteiger partial charge in [-0.2, -0.15) is 5.01 Å². The number of nitrogens with zero attached hydrogens (tertiary/aromatic N) is 1. The van der Waals surface area contributed by atoms with Crippen molar-refractivity contribution in [1.29, 1.82) is 0 Å². The summed E-state index contributed by atoms with van der Waals surface area (Å²) in [6.07, 6.45) is 2.64. The predicted molar refractivity (Wildman–Crippen MR) is 168 cm³/mol. The molecule has 2 aliphatic heterocycles. The maximum Gasteiger partial charge on any atom is 0.260 e. The number of hydrazine groups is 1. The standard InChI is InChI=1S/C37H31N3O5/c1-20-11-13-22(14-12-20)39-40-35(44)29-19-28-26(15-16-27-31(28)34(43)38-33(27)42)32(37(29,36(40)45)21-7-3-2-4-8-21)25-17-18-30(41)24-10-6-5-9-23(24)25/h2-15,17-18,27-29,31-32,39,41H,16,19H2,1H3,(H,38,42,43). The van der Waals surface area contributed by atoms with Gasteiger partial charge in [0.15, 0.2) is 0 Å². The van der Waals surface area contributed by atoms with Crippen molar-refractivity contribution in [2.75, 3.05) is 5.43 Å². The maximum absolute atomic E-state index is 15.2. The van der Waals surface area contributed by atoms with Crippen LogP contribution in [-0.2, 0) is 24.6 Å². The van der Waals surface area contributed by atoms with Crippen molar-refractivity contribution in [2.45, 2.75) is 31.1 Å². The van der Waals surface area contributed by atoms with Gasteiger partial charge in [-0.25, -0.2) is 0 Å². The molecule has 8 heteroatoms. The van der Waals surface area contributed by atoms with Crippen LogP contribution in [0.2, 0.25) is 0 Å². The first-order valence-corrected chi connectivity index (χ1v) is 15.3. The normalized spacial score (nSPS) is 28.8. The summed E-state index contributed by atoms with van der Waals surface area (Å²) in [5, 5.41) is 15.9. The van der Waals surface area contributed by atoms with Gasteiger partial charge in [0, 0.05) is 11.3 Å². The van der Waals surface area contributed by atoms with Gasteiger partial charge in [0.1, 0.15) is 5.75 Å². The fourth-order valence-electron chi connectivity index (χ4n) is 8.56. The zero-order valence-corrected chi connectivity index (χ0v) is 24.6. The van der Waals surface area contributed by atoms with Crippen LogP contribution in [0.5, 0.6) is 5.75 Å². The Hall–Kier alpha value is -5.24. The third-order valence-corrected chi connectivity index (χ3v) is 10.5. The lowest BCUT2D eigenvalue weighted by Gasteiger charge is -2.51. The summed E-state index contributed by atoms with van der Waals surface area (Å²) < 4.78 is 0. The fraction of sp³-hybridized carbons (Fsp3) is 0.243. The lowest BCUT2D eigenvalue weighted by Crippen LogP contribution is -2.53. The molecule has 0 aromatic heterocycles. The van der Waals surface area contributed by atoms with E-state index >= 15 is 4.79 Å². The lowest BCUT2D eigenvalue weighted by molar-refractivity contribution is -0.138. The highest BCUT2D eigenvalue weighted by molar-refractivity contribution is 6.13. The van der Waals surface area contributed by atoms with Crippen LogP contribution in [0.1, 0.15) is 35.4 Å². The van der Waals surface area contributed by atoms with E-state index in [1.54, 1.807) is 6.07 Å². The first-order valence-electron chi connectivity index (χ1n) is 15.3. The van der Waals surface area contributed by atoms with E-state index in [4.69, 9.17) is 0 Å². The fourth-order valence-corrected chi connectivity index (χ4v) is 8.56. The Kier molecular flexibility index (Phi) is 6.00. The number of rotatable bonds is 4. The van der Waals surface area contributed by atoms with Crippen LogP contribution < -0.4 is 10.7 Å². The predicted octanol–water partition coefficient (Wildman–Crippen LogP) is 5.13. The molecule has 224 valence electrons. The zero-order chi connectivity index (χ0) is 31.0. The molecule has 2 heterocycles. The number of fused-ring (bicyclic) bond motifs is 5. The molecule has 0 spiro atoms. The number of allylic oxidation sites excluding steroid dienone is 2. The molecular formula is C37H31N3O5. The van der Waals surface area contributed by atoms with Crippen LogP contribution in [0.3, 0.4) is 0 Å². The van der Waals surface area contributed by atoms with Gasteiger partial charge in [-0.1, -0.05) is 90.0 Å². The number of hydrogen-bond acceptors (Lipinski definition) is 6. The van der Waals surface area contributed by atoms with E-state index in [2.05, 4.69) is 10.7 Å². The molecule has 2 aliphatic carbocycles. The van der Waals surface area contributed by atoms with Gasteiger partial charge in [-0.15, -0.1) is 0 Å². The number of carbonyl (C=O) groups is 4. The van der Waals surface area contributed by atoms with Crippen molar-refractivity contribution >= 4 is 40.1 Å². The summed E-state index contributed by atoms with van der Waals surface area (Å²) in [5.74, 6) is -4.29. The highest BCUT2D eigenvalue weighted by atomic mass is 16.3. The zero-order valence-electron chi connectivity index (χ0n) is 24.6. The van der Waals surface area contributed by atoms with Crippen LogP contribution in [0, 0.1) is 30.6 Å². The number of aromatic hydroxyl groups is 1. The topological polar surface area (TPSA) is 116 Å². The molecule has 45 heavy (non-hydrogen) atoms. The Bertz CT molecular complexity index is 1950. The van der Waals surface area contributed by atoms with Crippen molar-refractivity contribution in [3.05, 3.63) is 119 Å². The van der Waals surface area contributed by atoms with Crippen molar-refractivity contribution < 1.29 is 24.3 Å². The molecule has 6 atom stereocenters. The molecule has 2 saturated heterocycles.